The van der Waals surface area contributed by atoms with Crippen molar-refractivity contribution in [3.8, 4) is 0 Å². The highest BCUT2D eigenvalue weighted by Crippen LogP contribution is 2.33. The Morgan fingerprint density at radius 3 is 2.41 bits per heavy atom. The van der Waals surface area contributed by atoms with Crippen molar-refractivity contribution in [3.63, 3.8) is 0 Å². The summed E-state index contributed by atoms with van der Waals surface area (Å²) in [4.78, 5) is 4.70. The quantitative estimate of drug-likeness (QED) is 0.832. The van der Waals surface area contributed by atoms with Crippen molar-refractivity contribution in [1.82, 2.24) is 4.98 Å². The van der Waals surface area contributed by atoms with Gasteiger partial charge >= 0.3 is 0 Å². The summed E-state index contributed by atoms with van der Waals surface area (Å²) in [6.45, 7) is 1.82. The maximum absolute atomic E-state index is 13.5. The molecule has 0 unspecified atom stereocenters. The Bertz CT molecular complexity index is 535. The van der Waals surface area contributed by atoms with Crippen LogP contribution in [-0.2, 0) is 0 Å². The molecule has 0 spiro atoms. The first-order valence-electron chi connectivity index (χ1n) is 4.91. The van der Waals surface area contributed by atoms with Crippen molar-refractivity contribution in [2.45, 2.75) is 16.7 Å². The molecule has 2 aromatic rings. The molecule has 0 radical (unpaired) electrons. The number of hydrogen-bond donors (Lipinski definition) is 1. The number of aromatic nitrogens is 1. The molecule has 17 heavy (non-hydrogen) atoms. The van der Waals surface area contributed by atoms with Crippen LogP contribution >= 0.6 is 11.8 Å². The third kappa shape index (κ3) is 2.74. The second-order valence-corrected chi connectivity index (χ2v) is 4.63. The van der Waals surface area contributed by atoms with E-state index in [1.54, 1.807) is 18.3 Å². The minimum atomic E-state index is -0.651. The van der Waals surface area contributed by atoms with Crippen LogP contribution in [0.3, 0.4) is 0 Å². The molecule has 88 valence electrons. The van der Waals surface area contributed by atoms with Crippen molar-refractivity contribution in [3.05, 3.63) is 47.8 Å². The number of rotatable bonds is 2. The fraction of sp³-hybridized carbons (Fsp3) is 0.0833. The van der Waals surface area contributed by atoms with Crippen molar-refractivity contribution < 1.29 is 8.78 Å². The van der Waals surface area contributed by atoms with Crippen molar-refractivity contribution in [2.24, 2.45) is 0 Å². The van der Waals surface area contributed by atoms with E-state index in [-0.39, 0.29) is 10.6 Å². The van der Waals surface area contributed by atoms with Gasteiger partial charge in [-0.1, -0.05) is 11.8 Å². The van der Waals surface area contributed by atoms with Crippen LogP contribution in [0.2, 0.25) is 0 Å². The van der Waals surface area contributed by atoms with Gasteiger partial charge in [0.25, 0.3) is 0 Å². The first-order chi connectivity index (χ1) is 8.06. The molecular weight excluding hydrogens is 242 g/mol. The van der Waals surface area contributed by atoms with E-state index in [1.165, 1.54) is 0 Å². The Morgan fingerprint density at radius 2 is 1.82 bits per heavy atom. The van der Waals surface area contributed by atoms with E-state index >= 15 is 0 Å². The SMILES string of the molecule is Cc1cc(Sc2c(F)cc(N)cc2F)ccn1. The Kier molecular flexibility index (Phi) is 3.28. The van der Waals surface area contributed by atoms with E-state index in [0.29, 0.717) is 0 Å². The summed E-state index contributed by atoms with van der Waals surface area (Å²) in [5, 5.41) is 0. The smallest absolute Gasteiger partial charge is 0.142 e. The lowest BCUT2D eigenvalue weighted by atomic mass is 10.3. The minimum Gasteiger partial charge on any atom is -0.399 e. The molecule has 0 saturated carbocycles. The maximum Gasteiger partial charge on any atom is 0.142 e. The summed E-state index contributed by atoms with van der Waals surface area (Å²) >= 11 is 1.02. The molecule has 2 rings (SSSR count). The summed E-state index contributed by atoms with van der Waals surface area (Å²) in [7, 11) is 0. The molecule has 0 aliphatic rings. The van der Waals surface area contributed by atoms with Crippen molar-refractivity contribution >= 4 is 17.4 Å². The largest absolute Gasteiger partial charge is 0.399 e. The second-order valence-electron chi connectivity index (χ2n) is 3.55. The zero-order valence-corrected chi connectivity index (χ0v) is 9.89. The van der Waals surface area contributed by atoms with E-state index in [2.05, 4.69) is 4.98 Å². The normalized spacial score (nSPS) is 10.5. The van der Waals surface area contributed by atoms with E-state index in [0.717, 1.165) is 34.5 Å². The Hall–Kier alpha value is -1.62. The molecule has 0 fully saturated rings. The van der Waals surface area contributed by atoms with E-state index in [4.69, 9.17) is 5.73 Å². The number of nitrogens with zero attached hydrogens (tertiary/aromatic N) is 1. The first kappa shape index (κ1) is 11.9. The first-order valence-corrected chi connectivity index (χ1v) is 5.73. The highest BCUT2D eigenvalue weighted by Gasteiger charge is 2.12. The number of anilines is 1. The molecule has 5 heteroatoms. The van der Waals surface area contributed by atoms with Crippen LogP contribution in [0.4, 0.5) is 14.5 Å². The fourth-order valence-electron chi connectivity index (χ4n) is 1.38. The van der Waals surface area contributed by atoms with Crippen LogP contribution in [0.1, 0.15) is 5.69 Å². The van der Waals surface area contributed by atoms with E-state index in [1.807, 2.05) is 6.92 Å². The summed E-state index contributed by atoms with van der Waals surface area (Å²) in [5.41, 5.74) is 6.22. The molecule has 0 saturated heterocycles. The summed E-state index contributed by atoms with van der Waals surface area (Å²) in [6.07, 6.45) is 1.60. The van der Waals surface area contributed by atoms with Gasteiger partial charge < -0.3 is 5.73 Å². The van der Waals surface area contributed by atoms with Crippen LogP contribution in [0.15, 0.2) is 40.3 Å². The monoisotopic (exact) mass is 252 g/mol. The third-order valence-corrected chi connectivity index (χ3v) is 3.19. The predicted octanol–water partition coefficient (Wildman–Crippen LogP) is 3.40. The van der Waals surface area contributed by atoms with Crippen LogP contribution in [0.25, 0.3) is 0 Å². The van der Waals surface area contributed by atoms with Crippen molar-refractivity contribution in [1.29, 1.82) is 0 Å². The lowest BCUT2D eigenvalue weighted by molar-refractivity contribution is 0.542. The molecular formula is C12H10F2N2S. The van der Waals surface area contributed by atoms with Gasteiger partial charge in [-0.15, -0.1) is 0 Å². The second kappa shape index (κ2) is 4.71. The molecule has 0 amide bonds. The lowest BCUT2D eigenvalue weighted by Crippen LogP contribution is -1.93. The van der Waals surface area contributed by atoms with Gasteiger partial charge in [0.05, 0.1) is 4.90 Å². The number of pyridine rings is 1. The van der Waals surface area contributed by atoms with Gasteiger partial charge in [-0.25, -0.2) is 8.78 Å². The number of nitrogens with two attached hydrogens (primary N) is 1. The average Bonchev–Trinajstić information content (AvgIpc) is 2.23. The van der Waals surface area contributed by atoms with Crippen LogP contribution in [0, 0.1) is 18.6 Å². The number of nitrogen functional groups attached to an aromatic ring is 1. The molecule has 0 aliphatic carbocycles. The van der Waals surface area contributed by atoms with Gasteiger partial charge in [0.15, 0.2) is 0 Å². The zero-order chi connectivity index (χ0) is 12.4. The standard InChI is InChI=1S/C12H10F2N2S/c1-7-4-9(2-3-16-7)17-12-10(13)5-8(15)6-11(12)14/h2-6H,15H2,1H3. The summed E-state index contributed by atoms with van der Waals surface area (Å²) < 4.78 is 27.1. The topological polar surface area (TPSA) is 38.9 Å². The van der Waals surface area contributed by atoms with Crippen LogP contribution in [0.5, 0.6) is 0 Å². The van der Waals surface area contributed by atoms with Gasteiger partial charge in [-0.2, -0.15) is 0 Å². The Labute approximate surface area is 102 Å². The number of hydrogen-bond acceptors (Lipinski definition) is 3. The maximum atomic E-state index is 13.5. The van der Waals surface area contributed by atoms with Gasteiger partial charge in [-0.05, 0) is 31.2 Å². The van der Waals surface area contributed by atoms with Crippen LogP contribution < -0.4 is 5.73 Å². The Balaban J connectivity index is 2.36. The predicted molar refractivity (Wildman–Crippen MR) is 63.9 cm³/mol. The molecule has 2 N–H and O–H groups in total. The molecule has 0 bridgehead atoms. The fourth-order valence-corrected chi connectivity index (χ4v) is 2.28. The molecule has 1 aromatic heterocycles. The lowest BCUT2D eigenvalue weighted by Gasteiger charge is -2.06. The van der Waals surface area contributed by atoms with E-state index in [9.17, 15) is 8.78 Å². The average molecular weight is 252 g/mol. The Morgan fingerprint density at radius 1 is 1.18 bits per heavy atom. The minimum absolute atomic E-state index is 0.0511. The van der Waals surface area contributed by atoms with Gasteiger partial charge in [0.2, 0.25) is 0 Å². The summed E-state index contributed by atoms with van der Waals surface area (Å²) in [5.74, 6) is -1.30. The van der Waals surface area contributed by atoms with Crippen LogP contribution in [-0.4, -0.2) is 4.98 Å². The number of aryl methyl sites for hydroxylation is 1. The van der Waals surface area contributed by atoms with Gasteiger partial charge in [0, 0.05) is 22.5 Å². The van der Waals surface area contributed by atoms with Crippen molar-refractivity contribution in [2.75, 3.05) is 5.73 Å². The highest BCUT2D eigenvalue weighted by molar-refractivity contribution is 7.99. The molecule has 1 heterocycles. The highest BCUT2D eigenvalue weighted by atomic mass is 32.2. The van der Waals surface area contributed by atoms with E-state index < -0.39 is 11.6 Å². The zero-order valence-electron chi connectivity index (χ0n) is 9.08. The van der Waals surface area contributed by atoms with Gasteiger partial charge in [0.1, 0.15) is 11.6 Å². The third-order valence-electron chi connectivity index (χ3n) is 2.11. The molecule has 2 nitrogen and oxygen atoms in total. The number of benzene rings is 1. The molecule has 1 aromatic carbocycles. The molecule has 0 aliphatic heterocycles. The number of halogens is 2. The molecule has 0 atom stereocenters. The summed E-state index contributed by atoms with van der Waals surface area (Å²) in [6, 6.07) is 5.69. The van der Waals surface area contributed by atoms with Gasteiger partial charge in [-0.3, -0.25) is 4.98 Å².